The first-order valence-corrected chi connectivity index (χ1v) is 7.72. The van der Waals surface area contributed by atoms with Crippen molar-refractivity contribution in [2.45, 2.75) is 44.6 Å². The van der Waals surface area contributed by atoms with Crippen LogP contribution in [0.3, 0.4) is 0 Å². The van der Waals surface area contributed by atoms with Crippen molar-refractivity contribution >= 4 is 0 Å². The topological polar surface area (TPSA) is 27.7 Å². The van der Waals surface area contributed by atoms with E-state index in [4.69, 9.17) is 14.2 Å². The van der Waals surface area contributed by atoms with Crippen molar-refractivity contribution in [2.75, 3.05) is 33.0 Å². The lowest BCUT2D eigenvalue weighted by atomic mass is 9.73. The van der Waals surface area contributed by atoms with E-state index in [1.165, 1.54) is 38.5 Å². The Balaban J connectivity index is 1.64. The molecule has 3 heterocycles. The normalized spacial score (nSPS) is 39.7. The van der Waals surface area contributed by atoms with Crippen LogP contribution in [0.2, 0.25) is 0 Å². The van der Waals surface area contributed by atoms with E-state index in [9.17, 15) is 0 Å². The molecule has 0 aromatic heterocycles. The average molecular weight is 254 g/mol. The molecule has 3 aliphatic rings. The predicted molar refractivity (Wildman–Crippen MR) is 69.6 cm³/mol. The zero-order chi connectivity index (χ0) is 12.2. The van der Waals surface area contributed by atoms with Gasteiger partial charge in [0.15, 0.2) is 0 Å². The zero-order valence-corrected chi connectivity index (χ0v) is 11.3. The molecule has 0 N–H and O–H groups in total. The second-order valence-electron chi connectivity index (χ2n) is 6.07. The minimum absolute atomic E-state index is 0.460. The summed E-state index contributed by atoms with van der Waals surface area (Å²) in [7, 11) is 0. The summed E-state index contributed by atoms with van der Waals surface area (Å²) in [5.41, 5.74) is 0. The summed E-state index contributed by atoms with van der Waals surface area (Å²) < 4.78 is 17.3. The van der Waals surface area contributed by atoms with Gasteiger partial charge in [-0.25, -0.2) is 0 Å². The van der Waals surface area contributed by atoms with E-state index < -0.39 is 0 Å². The Kier molecular flexibility index (Phi) is 4.55. The van der Waals surface area contributed by atoms with E-state index >= 15 is 0 Å². The Hall–Kier alpha value is -0.120. The monoisotopic (exact) mass is 254 g/mol. The first-order chi connectivity index (χ1) is 8.95. The zero-order valence-electron chi connectivity index (χ0n) is 11.3. The highest BCUT2D eigenvalue weighted by molar-refractivity contribution is 4.87. The van der Waals surface area contributed by atoms with Crippen molar-refractivity contribution in [1.82, 2.24) is 0 Å². The molecule has 0 amide bonds. The van der Waals surface area contributed by atoms with Gasteiger partial charge in [0.05, 0.1) is 12.7 Å². The minimum atomic E-state index is 0.460. The molecule has 0 aliphatic carbocycles. The highest BCUT2D eigenvalue weighted by Gasteiger charge is 2.38. The van der Waals surface area contributed by atoms with Gasteiger partial charge in [-0.15, -0.1) is 0 Å². The van der Waals surface area contributed by atoms with Crippen LogP contribution in [0.4, 0.5) is 0 Å². The molecule has 0 bridgehead atoms. The van der Waals surface area contributed by atoms with Crippen LogP contribution in [-0.4, -0.2) is 39.1 Å². The van der Waals surface area contributed by atoms with Crippen LogP contribution >= 0.6 is 0 Å². The summed E-state index contributed by atoms with van der Waals surface area (Å²) in [6, 6.07) is 0. The van der Waals surface area contributed by atoms with Crippen molar-refractivity contribution in [2.24, 2.45) is 17.8 Å². The summed E-state index contributed by atoms with van der Waals surface area (Å²) in [6.07, 6.45) is 8.03. The fourth-order valence-electron chi connectivity index (χ4n) is 3.98. The molecule has 18 heavy (non-hydrogen) atoms. The quantitative estimate of drug-likeness (QED) is 0.758. The number of rotatable bonds is 2. The third kappa shape index (κ3) is 2.89. The van der Waals surface area contributed by atoms with E-state index in [0.29, 0.717) is 12.0 Å². The van der Waals surface area contributed by atoms with Gasteiger partial charge >= 0.3 is 0 Å². The minimum Gasteiger partial charge on any atom is -0.381 e. The summed E-state index contributed by atoms with van der Waals surface area (Å²) in [6.45, 7) is 4.74. The van der Waals surface area contributed by atoms with Crippen molar-refractivity contribution in [1.29, 1.82) is 0 Å². The standard InChI is InChI=1S/C15H26O3/c1-3-13(11-17-7-1)15-14(4-2-8-18-15)12-5-9-16-10-6-12/h12-15H,1-11H2. The van der Waals surface area contributed by atoms with Crippen molar-refractivity contribution < 1.29 is 14.2 Å². The van der Waals surface area contributed by atoms with E-state index in [2.05, 4.69) is 0 Å². The molecule has 3 nitrogen and oxygen atoms in total. The molecule has 0 spiro atoms. The lowest BCUT2D eigenvalue weighted by molar-refractivity contribution is -0.118. The highest BCUT2D eigenvalue weighted by atomic mass is 16.5. The predicted octanol–water partition coefficient (Wildman–Crippen LogP) is 2.63. The average Bonchev–Trinajstić information content (AvgIpc) is 2.49. The highest BCUT2D eigenvalue weighted by Crippen LogP contribution is 2.38. The molecule has 0 saturated carbocycles. The Morgan fingerprint density at radius 2 is 1.50 bits per heavy atom. The summed E-state index contributed by atoms with van der Waals surface area (Å²) in [5, 5.41) is 0. The molecule has 0 radical (unpaired) electrons. The number of hydrogen-bond donors (Lipinski definition) is 0. The summed E-state index contributed by atoms with van der Waals surface area (Å²) >= 11 is 0. The van der Waals surface area contributed by atoms with Gasteiger partial charge < -0.3 is 14.2 Å². The van der Waals surface area contributed by atoms with Crippen LogP contribution in [-0.2, 0) is 14.2 Å². The number of hydrogen-bond acceptors (Lipinski definition) is 3. The van der Waals surface area contributed by atoms with Crippen molar-refractivity contribution in [3.8, 4) is 0 Å². The SMILES string of the molecule is C1COCC(C2OCCCC2C2CCOCC2)C1. The largest absolute Gasteiger partial charge is 0.381 e. The lowest BCUT2D eigenvalue weighted by Gasteiger charge is -2.43. The molecular weight excluding hydrogens is 228 g/mol. The van der Waals surface area contributed by atoms with Gasteiger partial charge in [-0.3, -0.25) is 0 Å². The third-order valence-electron chi connectivity index (χ3n) is 4.95. The summed E-state index contributed by atoms with van der Waals surface area (Å²) in [5.74, 6) is 2.23. The van der Waals surface area contributed by atoms with Gasteiger partial charge in [0.1, 0.15) is 0 Å². The Morgan fingerprint density at radius 1 is 0.667 bits per heavy atom. The van der Waals surface area contributed by atoms with Crippen LogP contribution in [0.5, 0.6) is 0 Å². The Morgan fingerprint density at radius 3 is 2.28 bits per heavy atom. The Bertz CT molecular complexity index is 218. The van der Waals surface area contributed by atoms with Crippen molar-refractivity contribution in [3.63, 3.8) is 0 Å². The van der Waals surface area contributed by atoms with E-state index in [1.807, 2.05) is 0 Å². The van der Waals surface area contributed by atoms with E-state index in [-0.39, 0.29) is 0 Å². The van der Waals surface area contributed by atoms with Gasteiger partial charge in [0.2, 0.25) is 0 Å². The van der Waals surface area contributed by atoms with Gasteiger partial charge in [-0.1, -0.05) is 0 Å². The summed E-state index contributed by atoms with van der Waals surface area (Å²) in [4.78, 5) is 0. The maximum Gasteiger partial charge on any atom is 0.0656 e. The third-order valence-corrected chi connectivity index (χ3v) is 4.95. The van der Waals surface area contributed by atoms with Gasteiger partial charge in [0.25, 0.3) is 0 Å². The fraction of sp³-hybridized carbons (Fsp3) is 1.00. The molecule has 104 valence electrons. The maximum atomic E-state index is 6.16. The van der Waals surface area contributed by atoms with Gasteiger partial charge in [-0.2, -0.15) is 0 Å². The number of ether oxygens (including phenoxy) is 3. The molecule has 0 aromatic carbocycles. The van der Waals surface area contributed by atoms with Crippen molar-refractivity contribution in [3.05, 3.63) is 0 Å². The second kappa shape index (κ2) is 6.36. The van der Waals surface area contributed by atoms with Crippen LogP contribution in [0, 0.1) is 17.8 Å². The smallest absolute Gasteiger partial charge is 0.0656 e. The molecule has 0 aromatic rings. The lowest BCUT2D eigenvalue weighted by Crippen LogP contribution is -2.44. The molecule has 3 saturated heterocycles. The van der Waals surface area contributed by atoms with Gasteiger partial charge in [0, 0.05) is 32.3 Å². The molecule has 3 unspecified atom stereocenters. The molecule has 3 rings (SSSR count). The molecule has 3 heteroatoms. The van der Waals surface area contributed by atoms with Crippen LogP contribution in [0.15, 0.2) is 0 Å². The first-order valence-electron chi connectivity index (χ1n) is 7.72. The van der Waals surface area contributed by atoms with Crippen LogP contribution in [0.1, 0.15) is 38.5 Å². The fourth-order valence-corrected chi connectivity index (χ4v) is 3.98. The second-order valence-corrected chi connectivity index (χ2v) is 6.07. The van der Waals surface area contributed by atoms with E-state index in [0.717, 1.165) is 44.9 Å². The van der Waals surface area contributed by atoms with Crippen LogP contribution in [0.25, 0.3) is 0 Å². The maximum absolute atomic E-state index is 6.16. The Labute approximate surface area is 110 Å². The molecule has 3 atom stereocenters. The molecule has 3 aliphatic heterocycles. The molecular formula is C15H26O3. The first kappa shape index (κ1) is 12.9. The molecule has 3 fully saturated rings. The van der Waals surface area contributed by atoms with Crippen LogP contribution < -0.4 is 0 Å². The van der Waals surface area contributed by atoms with Gasteiger partial charge in [-0.05, 0) is 50.4 Å². The van der Waals surface area contributed by atoms with E-state index in [1.54, 1.807) is 0 Å².